The van der Waals surface area contributed by atoms with Crippen molar-refractivity contribution in [2.24, 2.45) is 0 Å². The second-order valence-corrected chi connectivity index (χ2v) is 12.5. The summed E-state index contributed by atoms with van der Waals surface area (Å²) in [7, 11) is -16.8. The fraction of sp³-hybridized carbons (Fsp3) is 0.533. The Bertz CT molecular complexity index is 1340. The standard InChI is InChI=1S/C15H21N4O14P3/c1-15(22)11(21)8(5-30-35(26,27)33-36(28,29)32-34(23,24)25)31-14(15)19-4-7-2-3-9(20)18-12-10(7)13(19)17-6-16-12/h4,6,8,11,14,21-22H,2-3,5H2,1H3,(H,26,27)(H,28,29)(H2,23,24,25)(H,16,17,18,20)/t8-,11-,14-,15-/m1/s1. The number of anilines is 1. The van der Waals surface area contributed by atoms with E-state index in [2.05, 4.69) is 28.4 Å². The summed E-state index contributed by atoms with van der Waals surface area (Å²) in [5.74, 6) is 0.00224. The third-order valence-electron chi connectivity index (χ3n) is 5.39. The SMILES string of the molecule is C[C@@]1(O)[C@H](O)[C@@H](COP(=O)(O)OP(=O)(O)OP(=O)(O)O)O[C@H]1n1cc2c3c(ncnc31)NC(=O)CC2. The van der Waals surface area contributed by atoms with Crippen LogP contribution < -0.4 is 5.32 Å². The molecule has 0 aliphatic carbocycles. The number of aliphatic hydroxyl groups excluding tert-OH is 1. The fourth-order valence-electron chi connectivity index (χ4n) is 3.92. The van der Waals surface area contributed by atoms with Gasteiger partial charge in [0.2, 0.25) is 5.91 Å². The molecule has 0 saturated carbocycles. The largest absolute Gasteiger partial charge is 0.490 e. The molecule has 0 bridgehead atoms. The minimum Gasteiger partial charge on any atom is -0.387 e. The van der Waals surface area contributed by atoms with Crippen molar-refractivity contribution in [1.82, 2.24) is 14.5 Å². The molecule has 2 aromatic rings. The molecular formula is C15H21N4O14P3. The summed E-state index contributed by atoms with van der Waals surface area (Å²) < 4.78 is 53.0. The number of carbonyl (C=O) groups is 1. The predicted molar refractivity (Wildman–Crippen MR) is 115 cm³/mol. The Kier molecular flexibility index (Phi) is 7.07. The lowest BCUT2D eigenvalue weighted by Crippen LogP contribution is -2.44. The molecule has 200 valence electrons. The Labute approximate surface area is 201 Å². The Morgan fingerprint density at radius 3 is 2.53 bits per heavy atom. The number of hydrogen-bond donors (Lipinski definition) is 7. The van der Waals surface area contributed by atoms with E-state index in [1.54, 1.807) is 6.20 Å². The van der Waals surface area contributed by atoms with Crippen LogP contribution in [-0.4, -0.2) is 74.6 Å². The summed E-state index contributed by atoms with van der Waals surface area (Å²) in [6.45, 7) is 0.244. The van der Waals surface area contributed by atoms with Gasteiger partial charge in [0.25, 0.3) is 0 Å². The number of nitrogens with zero attached hydrogens (tertiary/aromatic N) is 3. The molecular weight excluding hydrogens is 553 g/mol. The lowest BCUT2D eigenvalue weighted by atomic mass is 9.96. The highest BCUT2D eigenvalue weighted by Gasteiger charge is 2.54. The maximum atomic E-state index is 12.0. The summed E-state index contributed by atoms with van der Waals surface area (Å²) in [6, 6.07) is 0. The number of hydrogen-bond acceptors (Lipinski definition) is 12. The number of ether oxygens (including phenoxy) is 1. The summed E-state index contributed by atoms with van der Waals surface area (Å²) in [5, 5.41) is 24.7. The molecule has 2 aliphatic heterocycles. The maximum absolute atomic E-state index is 12.0. The van der Waals surface area contributed by atoms with Crippen molar-refractivity contribution in [3.63, 3.8) is 0 Å². The van der Waals surface area contributed by atoms with Crippen molar-refractivity contribution in [1.29, 1.82) is 0 Å². The van der Waals surface area contributed by atoms with E-state index in [-0.39, 0.29) is 23.8 Å². The van der Waals surface area contributed by atoms with Crippen LogP contribution >= 0.6 is 23.5 Å². The van der Waals surface area contributed by atoms with Gasteiger partial charge in [-0.2, -0.15) is 8.62 Å². The second-order valence-electron chi connectivity index (χ2n) is 8.11. The predicted octanol–water partition coefficient (Wildman–Crippen LogP) is -0.331. The van der Waals surface area contributed by atoms with Crippen LogP contribution in [0.25, 0.3) is 11.0 Å². The van der Waals surface area contributed by atoms with Gasteiger partial charge in [-0.3, -0.25) is 9.32 Å². The van der Waals surface area contributed by atoms with E-state index in [4.69, 9.17) is 14.5 Å². The monoisotopic (exact) mass is 574 g/mol. The smallest absolute Gasteiger partial charge is 0.387 e. The molecule has 2 aliphatic rings. The van der Waals surface area contributed by atoms with Gasteiger partial charge < -0.3 is 44.4 Å². The van der Waals surface area contributed by atoms with Gasteiger partial charge in [-0.1, -0.05) is 0 Å². The van der Waals surface area contributed by atoms with E-state index in [0.29, 0.717) is 17.4 Å². The maximum Gasteiger partial charge on any atom is 0.490 e. The van der Waals surface area contributed by atoms with Gasteiger partial charge in [0.15, 0.2) is 6.23 Å². The Hall–Kier alpha value is -1.62. The first-order chi connectivity index (χ1) is 16.5. The number of aromatic nitrogens is 3. The van der Waals surface area contributed by atoms with Gasteiger partial charge in [-0.25, -0.2) is 23.7 Å². The first kappa shape index (κ1) is 27.4. The van der Waals surface area contributed by atoms with Crippen LogP contribution in [0.5, 0.6) is 0 Å². The molecule has 6 atom stereocenters. The van der Waals surface area contributed by atoms with Gasteiger partial charge >= 0.3 is 23.5 Å². The Morgan fingerprint density at radius 1 is 1.17 bits per heavy atom. The molecule has 0 spiro atoms. The topological polar surface area (TPSA) is 269 Å². The molecule has 36 heavy (non-hydrogen) atoms. The van der Waals surface area contributed by atoms with Gasteiger partial charge in [-0.15, -0.1) is 0 Å². The zero-order valence-electron chi connectivity index (χ0n) is 18.1. The van der Waals surface area contributed by atoms with Crippen LogP contribution in [0.3, 0.4) is 0 Å². The molecule has 0 aromatic carbocycles. The van der Waals surface area contributed by atoms with Crippen LogP contribution in [0.4, 0.5) is 5.82 Å². The van der Waals surface area contributed by atoms with E-state index >= 15 is 0 Å². The number of aryl methyl sites for hydroxylation is 1. The molecule has 0 radical (unpaired) electrons. The highest BCUT2D eigenvalue weighted by atomic mass is 31.3. The average molecular weight is 574 g/mol. The number of rotatable bonds is 8. The van der Waals surface area contributed by atoms with Crippen molar-refractivity contribution in [2.75, 3.05) is 11.9 Å². The van der Waals surface area contributed by atoms with E-state index in [1.165, 1.54) is 17.8 Å². The zero-order valence-corrected chi connectivity index (χ0v) is 20.8. The van der Waals surface area contributed by atoms with Crippen molar-refractivity contribution in [3.8, 4) is 0 Å². The number of amides is 1. The number of aliphatic hydroxyl groups is 2. The van der Waals surface area contributed by atoms with Crippen LogP contribution in [0.1, 0.15) is 25.1 Å². The molecule has 1 fully saturated rings. The Morgan fingerprint density at radius 2 is 1.86 bits per heavy atom. The first-order valence-corrected chi connectivity index (χ1v) is 14.5. The van der Waals surface area contributed by atoms with Crippen molar-refractivity contribution >= 4 is 46.2 Å². The van der Waals surface area contributed by atoms with Gasteiger partial charge in [0, 0.05) is 12.6 Å². The number of phosphoric acid groups is 3. The third kappa shape index (κ3) is 5.61. The Balaban J connectivity index is 1.55. The normalized spacial score (nSPS) is 30.0. The summed E-state index contributed by atoms with van der Waals surface area (Å²) in [4.78, 5) is 56.2. The fourth-order valence-corrected chi connectivity index (χ4v) is 6.95. The summed E-state index contributed by atoms with van der Waals surface area (Å²) >= 11 is 0. The molecule has 1 saturated heterocycles. The molecule has 1 amide bonds. The molecule has 7 N–H and O–H groups in total. The van der Waals surface area contributed by atoms with Gasteiger partial charge in [0.05, 0.1) is 12.0 Å². The highest BCUT2D eigenvalue weighted by molar-refractivity contribution is 7.66. The van der Waals surface area contributed by atoms with E-state index < -0.39 is 54.1 Å². The van der Waals surface area contributed by atoms with Crippen molar-refractivity contribution < 1.29 is 66.2 Å². The molecule has 21 heteroatoms. The molecule has 18 nitrogen and oxygen atoms in total. The number of phosphoric ester groups is 1. The van der Waals surface area contributed by atoms with E-state index in [1.807, 2.05) is 0 Å². The van der Waals surface area contributed by atoms with Crippen molar-refractivity contribution in [2.45, 2.75) is 43.8 Å². The quantitative estimate of drug-likeness (QED) is 0.199. The molecule has 2 aromatic heterocycles. The summed E-state index contributed by atoms with van der Waals surface area (Å²) in [5.41, 5.74) is -1.11. The number of nitrogens with one attached hydrogen (secondary N) is 1. The van der Waals surface area contributed by atoms with Crippen molar-refractivity contribution in [3.05, 3.63) is 18.1 Å². The molecule has 4 heterocycles. The minimum absolute atomic E-state index is 0.155. The average Bonchev–Trinajstić information content (AvgIpc) is 3.11. The number of carbonyl (C=O) groups excluding carboxylic acids is 1. The zero-order chi connectivity index (χ0) is 26.7. The lowest BCUT2D eigenvalue weighted by Gasteiger charge is -2.27. The van der Waals surface area contributed by atoms with Crippen LogP contribution in [0, 0.1) is 0 Å². The van der Waals surface area contributed by atoms with Gasteiger partial charge in [-0.05, 0) is 18.9 Å². The second kappa shape index (κ2) is 9.29. The van der Waals surface area contributed by atoms with E-state index in [9.17, 15) is 38.5 Å². The minimum atomic E-state index is -5.73. The lowest BCUT2D eigenvalue weighted by molar-refractivity contribution is -0.116. The highest BCUT2D eigenvalue weighted by Crippen LogP contribution is 2.66. The molecule has 4 rings (SSSR count). The van der Waals surface area contributed by atoms with Crippen LogP contribution in [-0.2, 0) is 42.8 Å². The van der Waals surface area contributed by atoms with Crippen LogP contribution in [0.2, 0.25) is 0 Å². The van der Waals surface area contributed by atoms with Crippen LogP contribution in [0.15, 0.2) is 12.5 Å². The van der Waals surface area contributed by atoms with E-state index in [0.717, 1.165) is 0 Å². The first-order valence-electron chi connectivity index (χ1n) is 9.97. The van der Waals surface area contributed by atoms with Gasteiger partial charge in [0.1, 0.15) is 35.6 Å². The summed E-state index contributed by atoms with van der Waals surface area (Å²) in [6.07, 6.45) is -1.34. The molecule has 2 unspecified atom stereocenters. The third-order valence-corrected chi connectivity index (χ3v) is 9.19.